The minimum absolute atomic E-state index is 0.144. The van der Waals surface area contributed by atoms with E-state index in [-0.39, 0.29) is 13.2 Å². The zero-order valence-corrected chi connectivity index (χ0v) is 10.8. The molecule has 4 nitrogen and oxygen atoms in total. The molecule has 7 heteroatoms. The third-order valence-corrected chi connectivity index (χ3v) is 5.64. The van der Waals surface area contributed by atoms with E-state index in [1.54, 1.807) is 13.8 Å². The highest BCUT2D eigenvalue weighted by molar-refractivity contribution is 7.60. The molecule has 0 saturated heterocycles. The van der Waals surface area contributed by atoms with Gasteiger partial charge in [-0.3, -0.25) is 4.57 Å². The molecule has 0 aliphatic carbocycles. The van der Waals surface area contributed by atoms with Gasteiger partial charge in [0.05, 0.1) is 19.3 Å². The number of aliphatic hydroxyl groups is 1. The maximum atomic E-state index is 12.0. The van der Waals surface area contributed by atoms with Gasteiger partial charge in [-0.1, -0.05) is 23.2 Å². The van der Waals surface area contributed by atoms with Crippen molar-refractivity contribution in [2.75, 3.05) is 13.2 Å². The van der Waals surface area contributed by atoms with Crippen molar-refractivity contribution in [1.82, 2.24) is 0 Å². The molecule has 0 aromatic carbocycles. The van der Waals surface area contributed by atoms with Gasteiger partial charge in [-0.15, -0.1) is 0 Å². The van der Waals surface area contributed by atoms with Crippen LogP contribution in [0.5, 0.6) is 0 Å². The Morgan fingerprint density at radius 3 is 1.93 bits per heavy atom. The van der Waals surface area contributed by atoms with Crippen molar-refractivity contribution in [2.45, 2.75) is 30.9 Å². The van der Waals surface area contributed by atoms with Crippen LogP contribution in [0.1, 0.15) is 20.8 Å². The molecule has 0 fully saturated rings. The summed E-state index contributed by atoms with van der Waals surface area (Å²) in [4.78, 5) is 0. The lowest BCUT2D eigenvalue weighted by molar-refractivity contribution is 0.161. The Balaban J connectivity index is 4.89. The van der Waals surface area contributed by atoms with Gasteiger partial charge in [0, 0.05) is 0 Å². The van der Waals surface area contributed by atoms with E-state index >= 15 is 0 Å². The number of hydrogen-bond donors (Lipinski definition) is 1. The van der Waals surface area contributed by atoms with Crippen molar-refractivity contribution < 1.29 is 18.7 Å². The molecule has 1 unspecified atom stereocenters. The summed E-state index contributed by atoms with van der Waals surface area (Å²) >= 11 is 11.5. The van der Waals surface area contributed by atoms with E-state index in [9.17, 15) is 9.67 Å². The zero-order chi connectivity index (χ0) is 11.4. The summed E-state index contributed by atoms with van der Waals surface area (Å²) in [7, 11) is -3.70. The maximum absolute atomic E-state index is 12.0. The fraction of sp³-hybridized carbons (Fsp3) is 1.00. The highest BCUT2D eigenvalue weighted by Gasteiger charge is 2.52. The standard InChI is InChI=1S/C7H15Cl2O4P/c1-4-12-14(11,13-5-2)7(8,9)6(3)10/h6,10H,4-5H2,1-3H3. The Morgan fingerprint density at radius 2 is 1.71 bits per heavy atom. The number of rotatable bonds is 6. The summed E-state index contributed by atoms with van der Waals surface area (Å²) in [6.07, 6.45) is -1.21. The largest absolute Gasteiger partial charge is 0.390 e. The van der Waals surface area contributed by atoms with Gasteiger partial charge in [0.15, 0.2) is 0 Å². The molecule has 0 aliphatic heterocycles. The first-order valence-corrected chi connectivity index (χ1v) is 6.56. The van der Waals surface area contributed by atoms with Gasteiger partial charge in [-0.05, 0) is 20.8 Å². The Labute approximate surface area is 94.0 Å². The first-order chi connectivity index (χ1) is 6.31. The number of aliphatic hydroxyl groups excluding tert-OH is 1. The molecule has 86 valence electrons. The Hall–Kier alpha value is 0.690. The second-order valence-corrected chi connectivity index (χ2v) is 6.73. The predicted octanol–water partition coefficient (Wildman–Crippen LogP) is 2.76. The van der Waals surface area contributed by atoms with E-state index < -0.39 is 17.8 Å². The van der Waals surface area contributed by atoms with Crippen LogP contribution in [0.2, 0.25) is 0 Å². The second kappa shape index (κ2) is 5.69. The van der Waals surface area contributed by atoms with Gasteiger partial charge in [0.2, 0.25) is 4.07 Å². The Kier molecular flexibility index (Phi) is 5.97. The van der Waals surface area contributed by atoms with E-state index in [2.05, 4.69) is 0 Å². The number of halogens is 2. The lowest BCUT2D eigenvalue weighted by Crippen LogP contribution is -2.30. The van der Waals surface area contributed by atoms with Gasteiger partial charge in [-0.25, -0.2) is 0 Å². The fourth-order valence-corrected chi connectivity index (χ4v) is 2.92. The third-order valence-electron chi connectivity index (χ3n) is 1.47. The molecular formula is C7H15Cl2O4P. The summed E-state index contributed by atoms with van der Waals surface area (Å²) in [6, 6.07) is 0. The summed E-state index contributed by atoms with van der Waals surface area (Å²) in [6.45, 7) is 4.89. The maximum Gasteiger partial charge on any atom is 0.369 e. The van der Waals surface area contributed by atoms with Crippen molar-refractivity contribution in [3.8, 4) is 0 Å². The predicted molar refractivity (Wildman–Crippen MR) is 57.0 cm³/mol. The minimum atomic E-state index is -3.70. The van der Waals surface area contributed by atoms with Gasteiger partial charge in [0.25, 0.3) is 0 Å². The molecule has 0 spiro atoms. The van der Waals surface area contributed by atoms with Crippen molar-refractivity contribution in [3.05, 3.63) is 0 Å². The molecule has 14 heavy (non-hydrogen) atoms. The smallest absolute Gasteiger partial charge is 0.369 e. The van der Waals surface area contributed by atoms with Crippen molar-refractivity contribution in [1.29, 1.82) is 0 Å². The summed E-state index contributed by atoms with van der Waals surface area (Å²) in [5.74, 6) is 0. The van der Waals surface area contributed by atoms with Gasteiger partial charge in [0.1, 0.15) is 0 Å². The highest BCUT2D eigenvalue weighted by atomic mass is 35.5. The van der Waals surface area contributed by atoms with Crippen LogP contribution in [0.15, 0.2) is 0 Å². The SMILES string of the molecule is CCOP(=O)(OCC)C(Cl)(Cl)C(C)O. The quantitative estimate of drug-likeness (QED) is 0.592. The molecule has 0 rings (SSSR count). The molecule has 0 aromatic heterocycles. The molecular weight excluding hydrogens is 250 g/mol. The number of hydrogen-bond acceptors (Lipinski definition) is 4. The van der Waals surface area contributed by atoms with Crippen LogP contribution >= 0.6 is 30.8 Å². The van der Waals surface area contributed by atoms with Crippen LogP contribution in [0, 0.1) is 0 Å². The summed E-state index contributed by atoms with van der Waals surface area (Å²) < 4.78 is 19.9. The molecule has 0 amide bonds. The third kappa shape index (κ3) is 3.09. The van der Waals surface area contributed by atoms with Gasteiger partial charge < -0.3 is 14.2 Å². The van der Waals surface area contributed by atoms with Crippen LogP contribution in [-0.2, 0) is 13.6 Å². The topological polar surface area (TPSA) is 55.8 Å². The average molecular weight is 265 g/mol. The Morgan fingerprint density at radius 1 is 1.36 bits per heavy atom. The summed E-state index contributed by atoms with van der Waals surface area (Å²) in [5.41, 5.74) is 0. The van der Waals surface area contributed by atoms with Crippen molar-refractivity contribution in [3.63, 3.8) is 0 Å². The van der Waals surface area contributed by atoms with Crippen molar-refractivity contribution >= 4 is 30.8 Å². The van der Waals surface area contributed by atoms with Crippen LogP contribution < -0.4 is 0 Å². The molecule has 1 atom stereocenters. The molecule has 0 saturated carbocycles. The van der Waals surface area contributed by atoms with Gasteiger partial charge >= 0.3 is 7.60 Å². The van der Waals surface area contributed by atoms with Crippen LogP contribution in [0.3, 0.4) is 0 Å². The molecule has 0 heterocycles. The molecule has 0 aliphatic rings. The van der Waals surface area contributed by atoms with Crippen molar-refractivity contribution in [2.24, 2.45) is 0 Å². The first-order valence-electron chi connectivity index (χ1n) is 4.27. The normalized spacial score (nSPS) is 15.6. The van der Waals surface area contributed by atoms with E-state index in [0.29, 0.717) is 0 Å². The average Bonchev–Trinajstić information content (AvgIpc) is 2.04. The van der Waals surface area contributed by atoms with Crippen LogP contribution in [-0.4, -0.2) is 28.5 Å². The lowest BCUT2D eigenvalue weighted by Gasteiger charge is -2.30. The molecule has 0 radical (unpaired) electrons. The molecule has 1 N–H and O–H groups in total. The van der Waals surface area contributed by atoms with E-state index in [4.69, 9.17) is 32.2 Å². The zero-order valence-electron chi connectivity index (χ0n) is 8.37. The number of alkyl halides is 2. The van der Waals surface area contributed by atoms with E-state index in [1.807, 2.05) is 0 Å². The van der Waals surface area contributed by atoms with Crippen LogP contribution in [0.25, 0.3) is 0 Å². The minimum Gasteiger partial charge on any atom is -0.390 e. The molecule has 0 aromatic rings. The first kappa shape index (κ1) is 14.7. The monoisotopic (exact) mass is 264 g/mol. The highest BCUT2D eigenvalue weighted by Crippen LogP contribution is 2.65. The van der Waals surface area contributed by atoms with Crippen LogP contribution in [0.4, 0.5) is 0 Å². The van der Waals surface area contributed by atoms with E-state index in [1.165, 1.54) is 6.92 Å². The fourth-order valence-electron chi connectivity index (χ4n) is 0.778. The lowest BCUT2D eigenvalue weighted by atomic mass is 10.5. The van der Waals surface area contributed by atoms with Gasteiger partial charge in [-0.2, -0.15) is 0 Å². The summed E-state index contributed by atoms with van der Waals surface area (Å²) in [5, 5.41) is 9.27. The van der Waals surface area contributed by atoms with E-state index in [0.717, 1.165) is 0 Å². The second-order valence-electron chi connectivity index (χ2n) is 2.60. The molecule has 0 bridgehead atoms. The Bertz CT molecular complexity index is 210.